The van der Waals surface area contributed by atoms with Crippen molar-refractivity contribution in [2.24, 2.45) is 0 Å². The van der Waals surface area contributed by atoms with Crippen molar-refractivity contribution in [2.45, 2.75) is 10.6 Å². The van der Waals surface area contributed by atoms with E-state index < -0.39 is 15.7 Å². The minimum Gasteiger partial charge on any atom is -0.375 e. The molecule has 0 aliphatic carbocycles. The topological polar surface area (TPSA) is 66.5 Å². The van der Waals surface area contributed by atoms with Crippen molar-refractivity contribution < 1.29 is 13.2 Å². The van der Waals surface area contributed by atoms with Crippen LogP contribution in [0.2, 0.25) is 5.02 Å². The van der Waals surface area contributed by atoms with Crippen LogP contribution in [-0.2, 0) is 15.6 Å². The van der Waals surface area contributed by atoms with Crippen molar-refractivity contribution in [1.29, 1.82) is 0 Å². The molecule has 0 spiro atoms. The summed E-state index contributed by atoms with van der Waals surface area (Å²) < 4.78 is 25.5. The SMILES string of the molecule is CN(C)c1c(Cl)cccc1NC(=O)c1cccc(S(=O)(=O)Cc2ccccc2)c1. The largest absolute Gasteiger partial charge is 0.375 e. The average Bonchev–Trinajstić information content (AvgIpc) is 2.68. The van der Waals surface area contributed by atoms with Crippen LogP contribution in [0.5, 0.6) is 0 Å². The third-order valence-corrected chi connectivity index (χ3v) is 6.33. The first kappa shape index (κ1) is 20.9. The maximum atomic E-state index is 12.8. The van der Waals surface area contributed by atoms with Gasteiger partial charge in [-0.3, -0.25) is 4.79 Å². The molecule has 0 fully saturated rings. The van der Waals surface area contributed by atoms with Crippen LogP contribution in [0, 0.1) is 0 Å². The fourth-order valence-corrected chi connectivity index (χ4v) is 4.71. The average molecular weight is 429 g/mol. The van der Waals surface area contributed by atoms with Gasteiger partial charge in [-0.15, -0.1) is 0 Å². The molecule has 7 heteroatoms. The van der Waals surface area contributed by atoms with E-state index in [1.54, 1.807) is 59.5 Å². The smallest absolute Gasteiger partial charge is 0.255 e. The van der Waals surface area contributed by atoms with E-state index in [0.717, 1.165) is 0 Å². The summed E-state index contributed by atoms with van der Waals surface area (Å²) in [5.41, 5.74) is 2.17. The van der Waals surface area contributed by atoms with E-state index in [-0.39, 0.29) is 16.2 Å². The van der Waals surface area contributed by atoms with Gasteiger partial charge in [-0.05, 0) is 35.9 Å². The monoisotopic (exact) mass is 428 g/mol. The summed E-state index contributed by atoms with van der Waals surface area (Å²) in [4.78, 5) is 14.7. The Kier molecular flexibility index (Phi) is 6.25. The number of amides is 1. The molecule has 0 heterocycles. The molecule has 1 N–H and O–H groups in total. The van der Waals surface area contributed by atoms with Crippen molar-refractivity contribution in [2.75, 3.05) is 24.3 Å². The predicted molar refractivity (Wildman–Crippen MR) is 118 cm³/mol. The molecule has 3 aromatic carbocycles. The predicted octanol–water partition coefficient (Wildman–Crippen LogP) is 4.63. The van der Waals surface area contributed by atoms with Crippen molar-refractivity contribution in [3.8, 4) is 0 Å². The molecule has 5 nitrogen and oxygen atoms in total. The maximum absolute atomic E-state index is 12.8. The highest BCUT2D eigenvalue weighted by molar-refractivity contribution is 7.90. The van der Waals surface area contributed by atoms with Crippen LogP contribution in [0.25, 0.3) is 0 Å². The van der Waals surface area contributed by atoms with E-state index in [4.69, 9.17) is 11.6 Å². The van der Waals surface area contributed by atoms with Crippen molar-refractivity contribution in [3.05, 3.63) is 88.9 Å². The second-order valence-electron chi connectivity index (χ2n) is 6.76. The molecule has 0 aliphatic rings. The highest BCUT2D eigenvalue weighted by Gasteiger charge is 2.18. The number of nitrogens with zero attached hydrogens (tertiary/aromatic N) is 1. The van der Waals surface area contributed by atoms with E-state index in [1.807, 2.05) is 20.2 Å². The highest BCUT2D eigenvalue weighted by Crippen LogP contribution is 2.32. The zero-order valence-electron chi connectivity index (χ0n) is 16.1. The van der Waals surface area contributed by atoms with Gasteiger partial charge in [0.15, 0.2) is 9.84 Å². The van der Waals surface area contributed by atoms with Gasteiger partial charge in [-0.1, -0.05) is 54.1 Å². The minimum absolute atomic E-state index is 0.105. The third-order valence-electron chi connectivity index (χ3n) is 4.34. The van der Waals surface area contributed by atoms with Crippen LogP contribution < -0.4 is 10.2 Å². The lowest BCUT2D eigenvalue weighted by Crippen LogP contribution is -2.17. The number of halogens is 1. The Labute approximate surface area is 175 Å². The van der Waals surface area contributed by atoms with Crippen LogP contribution in [0.4, 0.5) is 11.4 Å². The number of rotatable bonds is 6. The number of sulfone groups is 1. The first-order valence-corrected chi connectivity index (χ1v) is 10.9. The summed E-state index contributed by atoms with van der Waals surface area (Å²) >= 11 is 6.24. The summed E-state index contributed by atoms with van der Waals surface area (Å²) in [5.74, 6) is -0.537. The van der Waals surface area contributed by atoms with Gasteiger partial charge in [0.05, 0.1) is 27.0 Å². The van der Waals surface area contributed by atoms with Crippen molar-refractivity contribution in [1.82, 2.24) is 0 Å². The van der Waals surface area contributed by atoms with Gasteiger partial charge in [0.25, 0.3) is 5.91 Å². The zero-order valence-corrected chi connectivity index (χ0v) is 17.7. The first-order chi connectivity index (χ1) is 13.8. The van der Waals surface area contributed by atoms with Gasteiger partial charge in [0, 0.05) is 19.7 Å². The molecule has 29 heavy (non-hydrogen) atoms. The second kappa shape index (κ2) is 8.68. The molecule has 0 radical (unpaired) electrons. The molecule has 0 aliphatic heterocycles. The highest BCUT2D eigenvalue weighted by atomic mass is 35.5. The van der Waals surface area contributed by atoms with E-state index in [9.17, 15) is 13.2 Å². The Balaban J connectivity index is 1.86. The maximum Gasteiger partial charge on any atom is 0.255 e. The molecule has 150 valence electrons. The number of carbonyl (C=O) groups excluding carboxylic acids is 1. The summed E-state index contributed by atoms with van der Waals surface area (Å²) in [5, 5.41) is 3.32. The Morgan fingerprint density at radius 1 is 0.966 bits per heavy atom. The van der Waals surface area contributed by atoms with Crippen molar-refractivity contribution in [3.63, 3.8) is 0 Å². The van der Waals surface area contributed by atoms with Gasteiger partial charge < -0.3 is 10.2 Å². The first-order valence-electron chi connectivity index (χ1n) is 8.92. The molecule has 3 rings (SSSR count). The van der Waals surface area contributed by atoms with Crippen LogP contribution >= 0.6 is 11.6 Å². The lowest BCUT2D eigenvalue weighted by atomic mass is 10.2. The van der Waals surface area contributed by atoms with E-state index in [0.29, 0.717) is 22.0 Å². The van der Waals surface area contributed by atoms with Crippen LogP contribution in [0.3, 0.4) is 0 Å². The summed E-state index contributed by atoms with van der Waals surface area (Å²) in [6.45, 7) is 0. The van der Waals surface area contributed by atoms with Gasteiger partial charge in [-0.25, -0.2) is 8.42 Å². The van der Waals surface area contributed by atoms with Gasteiger partial charge >= 0.3 is 0 Å². The van der Waals surface area contributed by atoms with Crippen molar-refractivity contribution >= 4 is 38.7 Å². The lowest BCUT2D eigenvalue weighted by molar-refractivity contribution is 0.102. The number of anilines is 2. The summed E-state index contributed by atoms with van der Waals surface area (Å²) in [6, 6.07) is 20.2. The van der Waals surface area contributed by atoms with Gasteiger partial charge in [-0.2, -0.15) is 0 Å². The number of para-hydroxylation sites is 1. The van der Waals surface area contributed by atoms with E-state index in [1.165, 1.54) is 12.1 Å². The molecule has 0 atom stereocenters. The van der Waals surface area contributed by atoms with Crippen LogP contribution in [0.1, 0.15) is 15.9 Å². The van der Waals surface area contributed by atoms with Crippen LogP contribution in [0.15, 0.2) is 77.7 Å². The standard InChI is InChI=1S/C22H21ClN2O3S/c1-25(2)21-19(23)12-7-13-20(21)24-22(26)17-10-6-11-18(14-17)29(27,28)15-16-8-4-3-5-9-16/h3-14H,15H2,1-2H3,(H,24,26). The molecule has 0 unspecified atom stereocenters. The van der Waals surface area contributed by atoms with E-state index in [2.05, 4.69) is 5.32 Å². The number of hydrogen-bond acceptors (Lipinski definition) is 4. The molecule has 3 aromatic rings. The molecular weight excluding hydrogens is 408 g/mol. The Morgan fingerprint density at radius 3 is 2.34 bits per heavy atom. The second-order valence-corrected chi connectivity index (χ2v) is 9.15. The fourth-order valence-electron chi connectivity index (χ4n) is 2.97. The minimum atomic E-state index is -3.58. The summed E-state index contributed by atoms with van der Waals surface area (Å²) in [7, 11) is 0.0742. The molecule has 0 aromatic heterocycles. The van der Waals surface area contributed by atoms with E-state index >= 15 is 0 Å². The number of benzene rings is 3. The van der Waals surface area contributed by atoms with Crippen LogP contribution in [-0.4, -0.2) is 28.4 Å². The number of hydrogen-bond donors (Lipinski definition) is 1. The molecule has 0 saturated carbocycles. The normalized spacial score (nSPS) is 11.1. The Hall–Kier alpha value is -2.83. The Bertz CT molecular complexity index is 1130. The number of carbonyl (C=O) groups is 1. The fraction of sp³-hybridized carbons (Fsp3) is 0.136. The zero-order chi connectivity index (χ0) is 21.0. The molecular formula is C22H21ClN2O3S. The Morgan fingerprint density at radius 2 is 1.66 bits per heavy atom. The molecule has 0 bridgehead atoms. The number of nitrogens with one attached hydrogen (secondary N) is 1. The molecule has 1 amide bonds. The van der Waals surface area contributed by atoms with Gasteiger partial charge in [0.1, 0.15) is 0 Å². The quantitative estimate of drug-likeness (QED) is 0.621. The summed E-state index contributed by atoms with van der Waals surface area (Å²) in [6.07, 6.45) is 0. The lowest BCUT2D eigenvalue weighted by Gasteiger charge is -2.19. The third kappa shape index (κ3) is 4.96. The molecule has 0 saturated heterocycles. The van der Waals surface area contributed by atoms with Gasteiger partial charge in [0.2, 0.25) is 0 Å².